The van der Waals surface area contributed by atoms with Crippen molar-refractivity contribution in [1.82, 2.24) is 14.7 Å². The van der Waals surface area contributed by atoms with Crippen LogP contribution in [0.15, 0.2) is 48.5 Å². The molecule has 140 valence electrons. The first kappa shape index (κ1) is 18.8. The molecular formula is C22H24FN3O. The van der Waals surface area contributed by atoms with E-state index in [1.165, 1.54) is 12.1 Å². The van der Waals surface area contributed by atoms with Crippen LogP contribution in [0.25, 0.3) is 16.9 Å². The Labute approximate surface area is 159 Å². The molecule has 5 heteroatoms. The SMILES string of the molecule is CCN(CC)C(=O)c1cc(-c2ccc(F)cc2)nn1-c1cc(C)ccc1C. The lowest BCUT2D eigenvalue weighted by atomic mass is 10.1. The number of hydrogen-bond acceptors (Lipinski definition) is 2. The molecule has 3 rings (SSSR count). The minimum atomic E-state index is -0.299. The van der Waals surface area contributed by atoms with Gasteiger partial charge in [0.2, 0.25) is 0 Å². The van der Waals surface area contributed by atoms with Crippen molar-refractivity contribution in [2.75, 3.05) is 13.1 Å². The van der Waals surface area contributed by atoms with Crippen LogP contribution in [0.3, 0.4) is 0 Å². The Balaban J connectivity index is 2.19. The van der Waals surface area contributed by atoms with Crippen LogP contribution >= 0.6 is 0 Å². The zero-order chi connectivity index (χ0) is 19.6. The van der Waals surface area contributed by atoms with Crippen LogP contribution in [0, 0.1) is 19.7 Å². The lowest BCUT2D eigenvalue weighted by molar-refractivity contribution is 0.0764. The van der Waals surface area contributed by atoms with E-state index < -0.39 is 0 Å². The van der Waals surface area contributed by atoms with Crippen LogP contribution in [0.5, 0.6) is 0 Å². The number of aryl methyl sites for hydroxylation is 2. The minimum Gasteiger partial charge on any atom is -0.338 e. The summed E-state index contributed by atoms with van der Waals surface area (Å²) >= 11 is 0. The maximum Gasteiger partial charge on any atom is 0.272 e. The largest absolute Gasteiger partial charge is 0.338 e. The van der Waals surface area contributed by atoms with Gasteiger partial charge in [-0.25, -0.2) is 9.07 Å². The number of nitrogens with zero attached hydrogens (tertiary/aromatic N) is 3. The van der Waals surface area contributed by atoms with Crippen molar-refractivity contribution >= 4 is 5.91 Å². The van der Waals surface area contributed by atoms with Gasteiger partial charge in [0.25, 0.3) is 5.91 Å². The Kier molecular flexibility index (Phi) is 5.40. The van der Waals surface area contributed by atoms with E-state index in [1.54, 1.807) is 27.8 Å². The summed E-state index contributed by atoms with van der Waals surface area (Å²) in [6.07, 6.45) is 0. The van der Waals surface area contributed by atoms with Crippen molar-refractivity contribution in [1.29, 1.82) is 0 Å². The van der Waals surface area contributed by atoms with Gasteiger partial charge in [0.1, 0.15) is 11.5 Å². The van der Waals surface area contributed by atoms with Gasteiger partial charge in [0, 0.05) is 18.7 Å². The lowest BCUT2D eigenvalue weighted by Crippen LogP contribution is -2.32. The summed E-state index contributed by atoms with van der Waals surface area (Å²) in [5.41, 5.74) is 4.92. The highest BCUT2D eigenvalue weighted by molar-refractivity contribution is 5.94. The molecule has 0 fully saturated rings. The maximum absolute atomic E-state index is 13.3. The first-order valence-corrected chi connectivity index (χ1v) is 9.17. The Morgan fingerprint density at radius 3 is 2.33 bits per heavy atom. The molecule has 0 spiro atoms. The third kappa shape index (κ3) is 3.77. The molecule has 0 saturated carbocycles. The second-order valence-corrected chi connectivity index (χ2v) is 6.60. The highest BCUT2D eigenvalue weighted by Crippen LogP contribution is 2.25. The van der Waals surface area contributed by atoms with Gasteiger partial charge in [-0.15, -0.1) is 0 Å². The Morgan fingerprint density at radius 2 is 1.70 bits per heavy atom. The third-order valence-electron chi connectivity index (χ3n) is 4.71. The smallest absolute Gasteiger partial charge is 0.272 e. The van der Waals surface area contributed by atoms with Gasteiger partial charge in [0.15, 0.2) is 0 Å². The van der Waals surface area contributed by atoms with E-state index in [9.17, 15) is 9.18 Å². The zero-order valence-electron chi connectivity index (χ0n) is 16.2. The maximum atomic E-state index is 13.3. The first-order valence-electron chi connectivity index (χ1n) is 9.17. The normalized spacial score (nSPS) is 10.9. The van der Waals surface area contributed by atoms with Gasteiger partial charge in [-0.05, 0) is 75.2 Å². The van der Waals surface area contributed by atoms with E-state index in [0.29, 0.717) is 24.5 Å². The van der Waals surface area contributed by atoms with Gasteiger partial charge in [0.05, 0.1) is 11.4 Å². The van der Waals surface area contributed by atoms with E-state index in [2.05, 4.69) is 0 Å². The topological polar surface area (TPSA) is 38.1 Å². The number of benzene rings is 2. The van der Waals surface area contributed by atoms with E-state index >= 15 is 0 Å². The van der Waals surface area contributed by atoms with Crippen molar-refractivity contribution in [3.63, 3.8) is 0 Å². The predicted molar refractivity (Wildman–Crippen MR) is 106 cm³/mol. The standard InChI is InChI=1S/C22H24FN3O/c1-5-25(6-2)22(27)21-14-19(17-9-11-18(23)12-10-17)24-26(21)20-13-15(3)7-8-16(20)4/h7-14H,5-6H2,1-4H3. The number of carbonyl (C=O) groups is 1. The predicted octanol–water partition coefficient (Wildman–Crippen LogP) is 4.78. The molecule has 2 aromatic carbocycles. The zero-order valence-corrected chi connectivity index (χ0v) is 16.2. The summed E-state index contributed by atoms with van der Waals surface area (Å²) in [5.74, 6) is -0.367. The highest BCUT2D eigenvalue weighted by atomic mass is 19.1. The Bertz CT molecular complexity index is 956. The first-order chi connectivity index (χ1) is 12.9. The highest BCUT2D eigenvalue weighted by Gasteiger charge is 2.22. The number of carbonyl (C=O) groups excluding carboxylic acids is 1. The van der Waals surface area contributed by atoms with Crippen molar-refractivity contribution in [2.24, 2.45) is 0 Å². The van der Waals surface area contributed by atoms with Crippen LogP contribution in [0.4, 0.5) is 4.39 Å². The quantitative estimate of drug-likeness (QED) is 0.653. The van der Waals surface area contributed by atoms with Gasteiger partial charge >= 0.3 is 0 Å². The molecule has 0 aliphatic rings. The van der Waals surface area contributed by atoms with Gasteiger partial charge in [-0.3, -0.25) is 4.79 Å². The van der Waals surface area contributed by atoms with Crippen LogP contribution in [0.2, 0.25) is 0 Å². The molecule has 0 aliphatic heterocycles. The van der Waals surface area contributed by atoms with Crippen LogP contribution in [-0.4, -0.2) is 33.7 Å². The molecule has 0 saturated heterocycles. The number of rotatable bonds is 5. The molecule has 0 bridgehead atoms. The molecule has 0 atom stereocenters. The number of amides is 1. The molecular weight excluding hydrogens is 341 g/mol. The Hall–Kier alpha value is -2.95. The number of hydrogen-bond donors (Lipinski definition) is 0. The van der Waals surface area contributed by atoms with E-state index in [0.717, 1.165) is 22.4 Å². The van der Waals surface area contributed by atoms with E-state index in [4.69, 9.17) is 5.10 Å². The molecule has 0 radical (unpaired) electrons. The Morgan fingerprint density at radius 1 is 1.04 bits per heavy atom. The summed E-state index contributed by atoms with van der Waals surface area (Å²) in [6, 6.07) is 14.0. The number of aromatic nitrogens is 2. The fourth-order valence-electron chi connectivity index (χ4n) is 3.10. The summed E-state index contributed by atoms with van der Waals surface area (Å²) in [7, 11) is 0. The second kappa shape index (κ2) is 7.74. The fraction of sp³-hybridized carbons (Fsp3) is 0.273. The van der Waals surface area contributed by atoms with Crippen molar-refractivity contribution in [3.05, 3.63) is 71.2 Å². The van der Waals surface area contributed by atoms with Gasteiger partial charge < -0.3 is 4.90 Å². The lowest BCUT2D eigenvalue weighted by Gasteiger charge is -2.19. The molecule has 0 N–H and O–H groups in total. The molecule has 3 aromatic rings. The fourth-order valence-corrected chi connectivity index (χ4v) is 3.10. The molecule has 0 aliphatic carbocycles. The average molecular weight is 365 g/mol. The molecule has 27 heavy (non-hydrogen) atoms. The monoisotopic (exact) mass is 365 g/mol. The summed E-state index contributed by atoms with van der Waals surface area (Å²) in [5, 5.41) is 4.70. The van der Waals surface area contributed by atoms with Crippen molar-refractivity contribution < 1.29 is 9.18 Å². The summed E-state index contributed by atoms with van der Waals surface area (Å²) in [6.45, 7) is 9.18. The summed E-state index contributed by atoms with van der Waals surface area (Å²) in [4.78, 5) is 14.9. The molecule has 1 aromatic heterocycles. The van der Waals surface area contributed by atoms with Crippen LogP contribution in [0.1, 0.15) is 35.5 Å². The summed E-state index contributed by atoms with van der Waals surface area (Å²) < 4.78 is 15.0. The van der Waals surface area contributed by atoms with Crippen molar-refractivity contribution in [2.45, 2.75) is 27.7 Å². The van der Waals surface area contributed by atoms with Gasteiger partial charge in [-0.1, -0.05) is 12.1 Å². The number of halogens is 1. The molecule has 1 heterocycles. The van der Waals surface area contributed by atoms with Crippen LogP contribution < -0.4 is 0 Å². The third-order valence-corrected chi connectivity index (χ3v) is 4.71. The second-order valence-electron chi connectivity index (χ2n) is 6.60. The van der Waals surface area contributed by atoms with E-state index in [1.807, 2.05) is 45.9 Å². The van der Waals surface area contributed by atoms with Crippen molar-refractivity contribution in [3.8, 4) is 16.9 Å². The molecule has 0 unspecified atom stereocenters. The average Bonchev–Trinajstić information content (AvgIpc) is 3.10. The minimum absolute atomic E-state index is 0.0678. The molecule has 4 nitrogen and oxygen atoms in total. The van der Waals surface area contributed by atoms with Crippen LogP contribution in [-0.2, 0) is 0 Å². The van der Waals surface area contributed by atoms with Gasteiger partial charge in [-0.2, -0.15) is 5.10 Å². The van der Waals surface area contributed by atoms with E-state index in [-0.39, 0.29) is 11.7 Å². The molecule has 1 amide bonds.